The molecule has 2 aromatic carbocycles. The van der Waals surface area contributed by atoms with Crippen molar-refractivity contribution in [3.63, 3.8) is 0 Å². The molecule has 0 unspecified atom stereocenters. The van der Waals surface area contributed by atoms with Gasteiger partial charge in [-0.3, -0.25) is 10.1 Å². The molecule has 2 heterocycles. The third kappa shape index (κ3) is 1.58. The molecule has 2 aliphatic rings. The van der Waals surface area contributed by atoms with Gasteiger partial charge in [0.15, 0.2) is 5.54 Å². The Hall–Kier alpha value is -2.33. The summed E-state index contributed by atoms with van der Waals surface area (Å²) in [5.74, 6) is -0.299. The molecular weight excluding hydrogens is 300 g/mol. The van der Waals surface area contributed by atoms with E-state index in [0.29, 0.717) is 11.6 Å². The van der Waals surface area contributed by atoms with Crippen LogP contribution in [0.3, 0.4) is 0 Å². The molecule has 0 radical (unpaired) electrons. The summed E-state index contributed by atoms with van der Waals surface area (Å²) in [6, 6.07) is 14.6. The van der Waals surface area contributed by atoms with Crippen molar-refractivity contribution < 1.29 is 9.59 Å². The van der Waals surface area contributed by atoms with Crippen LogP contribution >= 0.6 is 11.6 Å². The van der Waals surface area contributed by atoms with Crippen LogP contribution in [0.2, 0.25) is 5.02 Å². The first kappa shape index (κ1) is 13.3. The number of fused-ring (bicyclic) bond motifs is 3. The van der Waals surface area contributed by atoms with Crippen molar-refractivity contribution in [3.05, 3.63) is 70.2 Å². The monoisotopic (exact) mass is 312 g/mol. The number of rotatable bonds is 1. The Morgan fingerprint density at radius 1 is 1.05 bits per heavy atom. The van der Waals surface area contributed by atoms with E-state index in [1.165, 1.54) is 0 Å². The molecule has 1 fully saturated rings. The Balaban J connectivity index is 2.04. The average molecular weight is 313 g/mol. The third-order valence-corrected chi connectivity index (χ3v) is 4.72. The first-order valence-corrected chi connectivity index (χ1v) is 7.49. The topological polar surface area (TPSA) is 49.4 Å². The van der Waals surface area contributed by atoms with Crippen molar-refractivity contribution in [2.24, 2.45) is 0 Å². The van der Waals surface area contributed by atoms with Crippen LogP contribution in [-0.2, 0) is 16.8 Å². The highest BCUT2D eigenvalue weighted by Gasteiger charge is 2.57. The molecule has 0 aromatic heterocycles. The number of nitrogens with one attached hydrogen (secondary N) is 1. The molecular formula is C17H13ClN2O2. The number of hydrogen-bond acceptors (Lipinski definition) is 2. The average Bonchev–Trinajstić information content (AvgIpc) is 2.80. The SMILES string of the molecule is O=C1NC(=O)[C@]2(c3ccc(Cl)cc3)c3ccccc3CCN12. The largest absolute Gasteiger partial charge is 0.325 e. The molecule has 1 atom stereocenters. The lowest BCUT2D eigenvalue weighted by atomic mass is 9.76. The van der Waals surface area contributed by atoms with E-state index < -0.39 is 5.54 Å². The molecule has 1 N–H and O–H groups in total. The van der Waals surface area contributed by atoms with Gasteiger partial charge in [-0.25, -0.2) is 4.79 Å². The van der Waals surface area contributed by atoms with E-state index in [2.05, 4.69) is 5.32 Å². The molecule has 2 aromatic rings. The van der Waals surface area contributed by atoms with E-state index in [4.69, 9.17) is 11.6 Å². The number of nitrogens with zero attached hydrogens (tertiary/aromatic N) is 1. The Bertz CT molecular complexity index is 788. The molecule has 5 heteroatoms. The van der Waals surface area contributed by atoms with Gasteiger partial charge in [-0.2, -0.15) is 0 Å². The van der Waals surface area contributed by atoms with E-state index in [9.17, 15) is 9.59 Å². The lowest BCUT2D eigenvalue weighted by molar-refractivity contribution is -0.125. The van der Waals surface area contributed by atoms with Crippen molar-refractivity contribution in [3.8, 4) is 0 Å². The van der Waals surface area contributed by atoms with Crippen LogP contribution in [0.15, 0.2) is 48.5 Å². The molecule has 22 heavy (non-hydrogen) atoms. The lowest BCUT2D eigenvalue weighted by Gasteiger charge is -2.41. The predicted molar refractivity (Wildman–Crippen MR) is 82.6 cm³/mol. The zero-order valence-corrected chi connectivity index (χ0v) is 12.4. The molecule has 0 aliphatic carbocycles. The van der Waals surface area contributed by atoms with Crippen molar-refractivity contribution in [2.75, 3.05) is 6.54 Å². The van der Waals surface area contributed by atoms with E-state index in [1.54, 1.807) is 17.0 Å². The zero-order chi connectivity index (χ0) is 15.3. The highest BCUT2D eigenvalue weighted by molar-refractivity contribution is 6.30. The van der Waals surface area contributed by atoms with Gasteiger partial charge in [0.1, 0.15) is 0 Å². The first-order valence-electron chi connectivity index (χ1n) is 7.11. The number of carbonyl (C=O) groups excluding carboxylic acids is 2. The number of hydrogen-bond donors (Lipinski definition) is 1. The fourth-order valence-corrected chi connectivity index (χ4v) is 3.65. The van der Waals surface area contributed by atoms with Gasteiger partial charge in [0.2, 0.25) is 0 Å². The Morgan fingerprint density at radius 2 is 1.77 bits per heavy atom. The predicted octanol–water partition coefficient (Wildman–Crippen LogP) is 2.69. The molecule has 3 amide bonds. The summed E-state index contributed by atoms with van der Waals surface area (Å²) >= 11 is 5.98. The van der Waals surface area contributed by atoms with E-state index >= 15 is 0 Å². The minimum Gasteiger partial charge on any atom is -0.301 e. The molecule has 2 aliphatic heterocycles. The molecule has 0 spiro atoms. The van der Waals surface area contributed by atoms with Crippen LogP contribution in [0.5, 0.6) is 0 Å². The van der Waals surface area contributed by atoms with Crippen LogP contribution in [0.4, 0.5) is 4.79 Å². The summed E-state index contributed by atoms with van der Waals surface area (Å²) in [7, 11) is 0. The van der Waals surface area contributed by atoms with Crippen molar-refractivity contribution >= 4 is 23.5 Å². The number of amides is 3. The third-order valence-electron chi connectivity index (χ3n) is 4.47. The Labute approximate surface area is 132 Å². The maximum absolute atomic E-state index is 12.8. The highest BCUT2D eigenvalue weighted by Crippen LogP contribution is 2.44. The van der Waals surface area contributed by atoms with Crippen molar-refractivity contribution in [1.29, 1.82) is 0 Å². The molecule has 4 nitrogen and oxygen atoms in total. The number of urea groups is 1. The number of imide groups is 1. The van der Waals surface area contributed by atoms with Gasteiger partial charge in [-0.15, -0.1) is 0 Å². The fraction of sp³-hybridized carbons (Fsp3) is 0.176. The smallest absolute Gasteiger partial charge is 0.301 e. The van der Waals surface area contributed by atoms with Crippen molar-refractivity contribution in [2.45, 2.75) is 12.0 Å². The molecule has 110 valence electrons. The van der Waals surface area contributed by atoms with Crippen LogP contribution in [0, 0.1) is 0 Å². The van der Waals surface area contributed by atoms with Gasteiger partial charge in [-0.05, 0) is 35.2 Å². The second-order valence-corrected chi connectivity index (χ2v) is 5.97. The van der Waals surface area contributed by atoms with E-state index in [-0.39, 0.29) is 11.9 Å². The molecule has 0 saturated carbocycles. The van der Waals surface area contributed by atoms with Gasteiger partial charge in [0, 0.05) is 11.6 Å². The molecule has 0 bridgehead atoms. The number of benzene rings is 2. The summed E-state index contributed by atoms with van der Waals surface area (Å²) in [6.45, 7) is 0.511. The van der Waals surface area contributed by atoms with Crippen LogP contribution < -0.4 is 5.32 Å². The maximum atomic E-state index is 12.8. The maximum Gasteiger partial charge on any atom is 0.325 e. The van der Waals surface area contributed by atoms with Crippen LogP contribution in [0.25, 0.3) is 0 Å². The Morgan fingerprint density at radius 3 is 2.55 bits per heavy atom. The second kappa shape index (κ2) is 4.58. The second-order valence-electron chi connectivity index (χ2n) is 5.54. The normalized spacial score (nSPS) is 23.0. The van der Waals surface area contributed by atoms with Gasteiger partial charge < -0.3 is 4.90 Å². The molecule has 4 rings (SSSR count). The summed E-state index contributed by atoms with van der Waals surface area (Å²) in [5, 5.41) is 3.07. The number of carbonyl (C=O) groups is 2. The quantitative estimate of drug-likeness (QED) is 0.823. The summed E-state index contributed by atoms with van der Waals surface area (Å²) in [4.78, 5) is 26.7. The minimum absolute atomic E-state index is 0.299. The van der Waals surface area contributed by atoms with Crippen LogP contribution in [0.1, 0.15) is 16.7 Å². The van der Waals surface area contributed by atoms with Gasteiger partial charge in [0.25, 0.3) is 5.91 Å². The first-order chi connectivity index (χ1) is 10.6. The Kier molecular flexibility index (Phi) is 2.78. The molecule has 1 saturated heterocycles. The highest BCUT2D eigenvalue weighted by atomic mass is 35.5. The lowest BCUT2D eigenvalue weighted by Crippen LogP contribution is -2.51. The van der Waals surface area contributed by atoms with E-state index in [1.807, 2.05) is 36.4 Å². The van der Waals surface area contributed by atoms with E-state index in [0.717, 1.165) is 23.1 Å². The standard InChI is InChI=1S/C17H13ClN2O2/c18-13-7-5-12(6-8-13)17-14-4-2-1-3-11(14)9-10-20(17)16(22)19-15(17)21/h1-8H,9-10H2,(H,19,21,22)/t17-/m0/s1. The van der Waals surface area contributed by atoms with Gasteiger partial charge in [-0.1, -0.05) is 48.0 Å². The van der Waals surface area contributed by atoms with Gasteiger partial charge in [0.05, 0.1) is 0 Å². The number of halogens is 1. The summed E-state index contributed by atoms with van der Waals surface area (Å²) < 4.78 is 0. The zero-order valence-electron chi connectivity index (χ0n) is 11.7. The summed E-state index contributed by atoms with van der Waals surface area (Å²) in [6.07, 6.45) is 0.742. The summed E-state index contributed by atoms with van der Waals surface area (Å²) in [5.41, 5.74) is 1.63. The van der Waals surface area contributed by atoms with Crippen LogP contribution in [-0.4, -0.2) is 23.4 Å². The minimum atomic E-state index is -1.09. The van der Waals surface area contributed by atoms with Gasteiger partial charge >= 0.3 is 6.03 Å². The van der Waals surface area contributed by atoms with Crippen molar-refractivity contribution in [1.82, 2.24) is 10.2 Å². The fourth-order valence-electron chi connectivity index (χ4n) is 3.52.